The second kappa shape index (κ2) is 6.06. The van der Waals surface area contributed by atoms with Gasteiger partial charge in [-0.3, -0.25) is 4.79 Å². The van der Waals surface area contributed by atoms with Crippen LogP contribution in [0.2, 0.25) is 0 Å². The van der Waals surface area contributed by atoms with Crippen molar-refractivity contribution in [2.75, 3.05) is 18.4 Å². The molecular weight excluding hydrogens is 304 g/mol. The zero-order chi connectivity index (χ0) is 13.9. The lowest BCUT2D eigenvalue weighted by Crippen LogP contribution is -2.44. The molecule has 1 saturated heterocycles. The summed E-state index contributed by atoms with van der Waals surface area (Å²) in [4.78, 5) is 12.5. The van der Waals surface area contributed by atoms with Gasteiger partial charge in [-0.1, -0.05) is 35.8 Å². The van der Waals surface area contributed by atoms with Crippen molar-refractivity contribution in [3.05, 3.63) is 28.7 Å². The summed E-state index contributed by atoms with van der Waals surface area (Å²) in [6.07, 6.45) is 2.27. The van der Waals surface area contributed by atoms with Gasteiger partial charge in [0.2, 0.25) is 5.91 Å². The molecule has 1 unspecified atom stereocenters. The first-order chi connectivity index (χ1) is 9.00. The highest BCUT2D eigenvalue weighted by Crippen LogP contribution is 2.33. The van der Waals surface area contributed by atoms with Gasteiger partial charge in [0, 0.05) is 15.6 Å². The van der Waals surface area contributed by atoms with Gasteiger partial charge in [-0.05, 0) is 50.0 Å². The molecule has 3 nitrogen and oxygen atoms in total. The molecule has 0 radical (unpaired) electrons. The van der Waals surface area contributed by atoms with Crippen molar-refractivity contribution >= 4 is 27.5 Å². The van der Waals surface area contributed by atoms with E-state index in [-0.39, 0.29) is 11.3 Å². The molecule has 0 aliphatic carbocycles. The second-order valence-electron chi connectivity index (χ2n) is 5.73. The van der Waals surface area contributed by atoms with E-state index in [9.17, 15) is 4.79 Å². The summed E-state index contributed by atoms with van der Waals surface area (Å²) in [6.45, 7) is 6.08. The average molecular weight is 325 g/mol. The molecule has 0 bridgehead atoms. The largest absolute Gasteiger partial charge is 0.326 e. The van der Waals surface area contributed by atoms with Crippen molar-refractivity contribution in [2.45, 2.75) is 26.7 Å². The Morgan fingerprint density at radius 3 is 2.89 bits per heavy atom. The molecule has 19 heavy (non-hydrogen) atoms. The van der Waals surface area contributed by atoms with Crippen LogP contribution in [-0.4, -0.2) is 19.0 Å². The van der Waals surface area contributed by atoms with Crippen LogP contribution in [0.5, 0.6) is 0 Å². The smallest absolute Gasteiger partial charge is 0.230 e. The fourth-order valence-electron chi connectivity index (χ4n) is 2.51. The van der Waals surface area contributed by atoms with E-state index in [4.69, 9.17) is 0 Å². The molecule has 0 saturated carbocycles. The summed E-state index contributed by atoms with van der Waals surface area (Å²) < 4.78 is 0.974. The van der Waals surface area contributed by atoms with Crippen LogP contribution in [0.1, 0.15) is 26.7 Å². The minimum Gasteiger partial charge on any atom is -0.326 e. The fourth-order valence-corrected chi connectivity index (χ4v) is 2.91. The first-order valence-electron chi connectivity index (χ1n) is 6.78. The van der Waals surface area contributed by atoms with Crippen molar-refractivity contribution in [3.63, 3.8) is 0 Å². The summed E-state index contributed by atoms with van der Waals surface area (Å²) in [5, 5.41) is 6.40. The standard InChI is InChI=1S/C15H21BrN2O/c1-15(2,11-5-4-8-17-10-11)14(19)18-13-7-3-6-12(16)9-13/h3,6-7,9,11,17H,4-5,8,10H2,1-2H3,(H,18,19). The van der Waals surface area contributed by atoms with E-state index in [2.05, 4.69) is 26.6 Å². The molecule has 1 atom stereocenters. The fraction of sp³-hybridized carbons (Fsp3) is 0.533. The quantitative estimate of drug-likeness (QED) is 0.894. The number of carbonyl (C=O) groups is 1. The Morgan fingerprint density at radius 2 is 2.26 bits per heavy atom. The number of hydrogen-bond acceptors (Lipinski definition) is 2. The van der Waals surface area contributed by atoms with E-state index < -0.39 is 0 Å². The van der Waals surface area contributed by atoms with Crippen LogP contribution in [-0.2, 0) is 4.79 Å². The Hall–Kier alpha value is -0.870. The zero-order valence-corrected chi connectivity index (χ0v) is 13.1. The van der Waals surface area contributed by atoms with Gasteiger partial charge >= 0.3 is 0 Å². The van der Waals surface area contributed by atoms with Crippen LogP contribution in [0, 0.1) is 11.3 Å². The molecule has 1 fully saturated rings. The van der Waals surface area contributed by atoms with Gasteiger partial charge in [-0.15, -0.1) is 0 Å². The van der Waals surface area contributed by atoms with Gasteiger partial charge in [0.15, 0.2) is 0 Å². The predicted octanol–water partition coefficient (Wildman–Crippen LogP) is 3.41. The summed E-state index contributed by atoms with van der Waals surface area (Å²) >= 11 is 3.42. The molecule has 2 N–H and O–H groups in total. The Morgan fingerprint density at radius 1 is 1.47 bits per heavy atom. The molecule has 1 aliphatic heterocycles. The van der Waals surface area contributed by atoms with Gasteiger partial charge in [0.05, 0.1) is 0 Å². The van der Waals surface area contributed by atoms with Crippen molar-refractivity contribution in [2.24, 2.45) is 11.3 Å². The van der Waals surface area contributed by atoms with E-state index in [1.54, 1.807) is 0 Å². The number of benzene rings is 1. The van der Waals surface area contributed by atoms with Gasteiger partial charge < -0.3 is 10.6 Å². The lowest BCUT2D eigenvalue weighted by molar-refractivity contribution is -0.127. The van der Waals surface area contributed by atoms with Crippen molar-refractivity contribution in [1.29, 1.82) is 0 Å². The number of nitrogens with one attached hydrogen (secondary N) is 2. The average Bonchev–Trinajstić information content (AvgIpc) is 2.39. The van der Waals surface area contributed by atoms with Crippen LogP contribution >= 0.6 is 15.9 Å². The normalized spacial score (nSPS) is 20.1. The van der Waals surface area contributed by atoms with Crippen molar-refractivity contribution < 1.29 is 4.79 Å². The molecule has 1 aromatic carbocycles. The molecule has 4 heteroatoms. The maximum Gasteiger partial charge on any atom is 0.230 e. The number of piperidine rings is 1. The Labute approximate surface area is 123 Å². The summed E-state index contributed by atoms with van der Waals surface area (Å²) in [7, 11) is 0. The third-order valence-electron chi connectivity index (χ3n) is 3.99. The number of hydrogen-bond donors (Lipinski definition) is 2. The maximum atomic E-state index is 12.5. The highest BCUT2D eigenvalue weighted by Gasteiger charge is 2.37. The molecule has 1 aliphatic rings. The summed E-state index contributed by atoms with van der Waals surface area (Å²) in [6, 6.07) is 7.71. The SMILES string of the molecule is CC(C)(C(=O)Nc1cccc(Br)c1)C1CCCNC1. The van der Waals surface area contributed by atoms with Gasteiger partial charge in [0.25, 0.3) is 0 Å². The van der Waals surface area contributed by atoms with Crippen molar-refractivity contribution in [3.8, 4) is 0 Å². The lowest BCUT2D eigenvalue weighted by Gasteiger charge is -2.36. The Kier molecular flexibility index (Phi) is 4.63. The first kappa shape index (κ1) is 14.5. The van der Waals surface area contributed by atoms with Gasteiger partial charge in [0.1, 0.15) is 0 Å². The third-order valence-corrected chi connectivity index (χ3v) is 4.48. The lowest BCUT2D eigenvalue weighted by atomic mass is 9.74. The molecule has 1 heterocycles. The molecule has 1 amide bonds. The van der Waals surface area contributed by atoms with Gasteiger partial charge in [-0.25, -0.2) is 0 Å². The number of halogens is 1. The Balaban J connectivity index is 2.05. The number of anilines is 1. The monoisotopic (exact) mass is 324 g/mol. The minimum absolute atomic E-state index is 0.0966. The van der Waals surface area contributed by atoms with Gasteiger partial charge in [-0.2, -0.15) is 0 Å². The summed E-state index contributed by atoms with van der Waals surface area (Å²) in [5.74, 6) is 0.493. The van der Waals surface area contributed by atoms with Crippen molar-refractivity contribution in [1.82, 2.24) is 5.32 Å². The molecular formula is C15H21BrN2O. The number of amides is 1. The van der Waals surface area contributed by atoms with Crippen LogP contribution in [0.3, 0.4) is 0 Å². The van der Waals surface area contributed by atoms with E-state index in [1.807, 2.05) is 38.1 Å². The predicted molar refractivity (Wildman–Crippen MR) is 82.1 cm³/mol. The highest BCUT2D eigenvalue weighted by molar-refractivity contribution is 9.10. The topological polar surface area (TPSA) is 41.1 Å². The van der Waals surface area contributed by atoms with E-state index in [1.165, 1.54) is 0 Å². The highest BCUT2D eigenvalue weighted by atomic mass is 79.9. The van der Waals surface area contributed by atoms with Crippen LogP contribution in [0.4, 0.5) is 5.69 Å². The number of rotatable bonds is 3. The molecule has 104 valence electrons. The second-order valence-corrected chi connectivity index (χ2v) is 6.65. The molecule has 2 rings (SSSR count). The zero-order valence-electron chi connectivity index (χ0n) is 11.5. The maximum absolute atomic E-state index is 12.5. The molecule has 0 aromatic heterocycles. The van der Waals surface area contributed by atoms with Crippen LogP contribution in [0.25, 0.3) is 0 Å². The summed E-state index contributed by atoms with van der Waals surface area (Å²) in [5.41, 5.74) is 0.492. The van der Waals surface area contributed by atoms with Crippen LogP contribution in [0.15, 0.2) is 28.7 Å². The molecule has 0 spiro atoms. The Bertz CT molecular complexity index is 453. The minimum atomic E-state index is -0.351. The third kappa shape index (κ3) is 3.57. The van der Waals surface area contributed by atoms with Crippen LogP contribution < -0.4 is 10.6 Å². The molecule has 1 aromatic rings. The first-order valence-corrected chi connectivity index (χ1v) is 7.57. The van der Waals surface area contributed by atoms with E-state index in [0.717, 1.165) is 36.1 Å². The number of carbonyl (C=O) groups excluding carboxylic acids is 1. The van der Waals surface area contributed by atoms with E-state index >= 15 is 0 Å². The van der Waals surface area contributed by atoms with E-state index in [0.29, 0.717) is 5.92 Å².